The van der Waals surface area contributed by atoms with E-state index in [0.717, 1.165) is 178 Å². The van der Waals surface area contributed by atoms with Gasteiger partial charge in [-0.1, -0.05) is 123 Å². The highest BCUT2D eigenvalue weighted by Crippen LogP contribution is 2.40. The lowest BCUT2D eigenvalue weighted by atomic mass is 9.78. The van der Waals surface area contributed by atoms with Crippen molar-refractivity contribution >= 4 is 87.9 Å². The second-order valence-corrected chi connectivity index (χ2v) is 34.4. The molecule has 109 heavy (non-hydrogen) atoms. The van der Waals surface area contributed by atoms with Gasteiger partial charge in [-0.05, 0) is 122 Å². The molecule has 0 spiro atoms. The van der Waals surface area contributed by atoms with Crippen molar-refractivity contribution in [3.63, 3.8) is 0 Å². The Kier molecular flexibility index (Phi) is 22.1. The first-order chi connectivity index (χ1) is 52.1. The summed E-state index contributed by atoms with van der Waals surface area (Å²) in [4.78, 5) is 46.5. The number of sulfone groups is 1. The van der Waals surface area contributed by atoms with Gasteiger partial charge in [0, 0.05) is 86.4 Å². The number of hydrogen-bond donors (Lipinski definition) is 4. The number of nitrogens with zero attached hydrogens (tertiary/aromatic N) is 17. The van der Waals surface area contributed by atoms with Crippen molar-refractivity contribution in [1.82, 2.24) is 80.7 Å². The number of anilines is 4. The summed E-state index contributed by atoms with van der Waals surface area (Å²) in [5, 5.41) is 38.2. The molecular weight excluding hydrogens is 1430 g/mol. The van der Waals surface area contributed by atoms with Crippen LogP contribution in [-0.4, -0.2) is 162 Å². The number of aromatic amines is 4. The SMILES string of the molecule is CC1(C)CCN(c2cnc3c(-c4ccc(C#N)cc4)[nH]nc3n2)CC1.CCC1(C)CCN(c2cnc3c(-c4ccc(C(F)F)cc4)[nH]nc3n2)CC1.CCC1(C)CCN(c2cnc3c(-c4ccc(OS(C)(=O)=O)cc4)[nH]nc3n2)CC1.CCC1(C)CCN(c2cnc3c(-c4ccc(S(C)(=O)=O)cc4)[nH]nc3n2)CC1. The van der Waals surface area contributed by atoms with Crippen molar-refractivity contribution in [2.24, 2.45) is 21.7 Å². The van der Waals surface area contributed by atoms with Gasteiger partial charge in [0.1, 0.15) is 51.1 Å². The van der Waals surface area contributed by atoms with Crippen LogP contribution in [0.4, 0.5) is 32.1 Å². The smallest absolute Gasteiger partial charge is 0.306 e. The zero-order valence-electron chi connectivity index (χ0n) is 63.3. The van der Waals surface area contributed by atoms with Crippen LogP contribution in [-0.2, 0) is 20.0 Å². The summed E-state index contributed by atoms with van der Waals surface area (Å²) in [6.45, 7) is 26.3. The molecule has 4 N–H and O–H groups in total. The molecule has 0 bridgehead atoms. The standard InChI is InChI=1S/C20H23F2N5.C20H25N5O3S.C20H25N5O2S.C19H20N6/c1-3-20(2)8-10-27(11-9-20)15-12-23-17-16(25-26-19(17)24-15)13-4-6-14(7-5-13)18(21)22;1-4-20(2)9-11-25(12-10-20)16-13-21-18-17(23-24-19(18)22-16)14-5-7-15(8-6-14)28-29(3,26)27;1-4-20(2)9-11-25(12-10-20)16-13-21-18-17(23-24-19(18)22-16)14-5-7-15(8-6-14)28(3,26)27;1-19(2)7-9-25(10-8-19)15-12-21-17-16(23-24-18(17)22-15)14-5-3-13(11-20)4-6-14/h4-7,12,18H,3,8-11H2,1-2H3,(H,24,25,26);5-8,13H,4,9-12H2,1-3H3,(H,22,23,24);5-8,13H,4,9-12H2,1-3H3,(H,22,23,24);3-6,12H,7-10H2,1-2H3,(H,22,23,24). The molecule has 0 aliphatic carbocycles. The summed E-state index contributed by atoms with van der Waals surface area (Å²) in [5.41, 5.74) is 13.8. The van der Waals surface area contributed by atoms with Crippen LogP contribution in [0.2, 0.25) is 0 Å². The van der Waals surface area contributed by atoms with E-state index < -0.39 is 26.4 Å². The van der Waals surface area contributed by atoms with Crippen molar-refractivity contribution in [1.29, 1.82) is 5.26 Å². The number of alkyl halides is 2. The van der Waals surface area contributed by atoms with Crippen molar-refractivity contribution in [2.45, 2.75) is 137 Å². The molecule has 4 aromatic carbocycles. The van der Waals surface area contributed by atoms with Crippen molar-refractivity contribution in [3.05, 3.63) is 133 Å². The fourth-order valence-electron chi connectivity index (χ4n) is 14.0. The molecule has 4 aliphatic rings. The average molecular weight is 1520 g/mol. The molecule has 12 heterocycles. The Morgan fingerprint density at radius 3 is 1.00 bits per heavy atom. The quantitative estimate of drug-likeness (QED) is 0.0693. The summed E-state index contributed by atoms with van der Waals surface area (Å²) in [6.07, 6.45) is 19.8. The van der Waals surface area contributed by atoms with E-state index >= 15 is 0 Å². The van der Waals surface area contributed by atoms with Gasteiger partial charge in [-0.3, -0.25) is 20.4 Å². The number of aromatic nitrogens is 16. The van der Waals surface area contributed by atoms with E-state index in [2.05, 4.69) is 147 Å². The highest BCUT2D eigenvalue weighted by atomic mass is 32.2. The molecule has 12 aromatic rings. The van der Waals surface area contributed by atoms with Crippen LogP contribution in [0.5, 0.6) is 5.75 Å². The van der Waals surface area contributed by atoms with Crippen molar-refractivity contribution < 1.29 is 29.8 Å². The lowest BCUT2D eigenvalue weighted by molar-refractivity contribution is 0.151. The fourth-order valence-corrected chi connectivity index (χ4v) is 15.1. The summed E-state index contributed by atoms with van der Waals surface area (Å²) in [7, 11) is -6.77. The number of fused-ring (bicyclic) bond motifs is 4. The van der Waals surface area contributed by atoms with Crippen LogP contribution < -0.4 is 23.8 Å². The second kappa shape index (κ2) is 31.5. The molecule has 4 saturated heterocycles. The topological polar surface area (TPSA) is 332 Å². The number of hydrogen-bond acceptors (Lipinski definition) is 22. The summed E-state index contributed by atoms with van der Waals surface area (Å²) in [6, 6.07) is 29.1. The van der Waals surface area contributed by atoms with Crippen molar-refractivity contribution in [2.75, 3.05) is 84.5 Å². The second-order valence-electron chi connectivity index (χ2n) is 30.8. The zero-order chi connectivity index (χ0) is 77.0. The van der Waals surface area contributed by atoms with E-state index in [-0.39, 0.29) is 16.2 Å². The number of benzene rings is 4. The molecule has 26 nitrogen and oxygen atoms in total. The third kappa shape index (κ3) is 17.7. The molecule has 0 atom stereocenters. The number of rotatable bonds is 15. The molecule has 570 valence electrons. The maximum absolute atomic E-state index is 12.7. The van der Waals surface area contributed by atoms with Gasteiger partial charge in [-0.15, -0.1) is 0 Å². The van der Waals surface area contributed by atoms with Crippen molar-refractivity contribution in [3.8, 4) is 56.8 Å². The molecule has 30 heteroatoms. The lowest BCUT2D eigenvalue weighted by Crippen LogP contribution is -2.38. The van der Waals surface area contributed by atoms with Gasteiger partial charge in [0.25, 0.3) is 6.43 Å². The summed E-state index contributed by atoms with van der Waals surface area (Å²) in [5.74, 6) is 3.70. The molecule has 0 saturated carbocycles. The highest BCUT2D eigenvalue weighted by molar-refractivity contribution is 7.90. The first-order valence-electron chi connectivity index (χ1n) is 37.1. The van der Waals surface area contributed by atoms with Gasteiger partial charge in [-0.25, -0.2) is 57.1 Å². The van der Waals surface area contributed by atoms with Gasteiger partial charge in [0.2, 0.25) is 22.6 Å². The van der Waals surface area contributed by atoms with Crippen LogP contribution in [0.3, 0.4) is 0 Å². The molecule has 0 unspecified atom stereocenters. The maximum atomic E-state index is 12.7. The van der Waals surface area contributed by atoms with Gasteiger partial charge in [0.15, 0.2) is 9.84 Å². The maximum Gasteiger partial charge on any atom is 0.306 e. The minimum Gasteiger partial charge on any atom is -0.383 e. The van der Waals surface area contributed by atoms with Crippen LogP contribution >= 0.6 is 0 Å². The van der Waals surface area contributed by atoms with E-state index in [0.29, 0.717) is 72.1 Å². The Bertz CT molecular complexity index is 5440. The molecule has 4 fully saturated rings. The molecule has 16 rings (SSSR count). The minimum absolute atomic E-state index is 0.000110. The molecule has 4 aliphatic heterocycles. The number of nitrogens with one attached hydrogen (secondary N) is 4. The van der Waals surface area contributed by atoms with Crippen LogP contribution in [0.15, 0.2) is 127 Å². The third-order valence-electron chi connectivity index (χ3n) is 22.6. The van der Waals surface area contributed by atoms with E-state index in [1.165, 1.54) is 37.7 Å². The minimum atomic E-state index is -3.55. The summed E-state index contributed by atoms with van der Waals surface area (Å²) >= 11 is 0. The number of piperidine rings is 4. The Labute approximate surface area is 633 Å². The first kappa shape index (κ1) is 76.5. The normalized spacial score (nSPS) is 17.0. The Morgan fingerprint density at radius 1 is 0.440 bits per heavy atom. The van der Waals surface area contributed by atoms with E-state index in [9.17, 15) is 25.6 Å². The van der Waals surface area contributed by atoms with Crippen LogP contribution in [0, 0.1) is 33.0 Å². The number of H-pyrrole nitrogens is 4. The first-order valence-corrected chi connectivity index (χ1v) is 40.8. The van der Waals surface area contributed by atoms with E-state index in [4.69, 9.17) is 24.4 Å². The molecule has 8 aromatic heterocycles. The average Bonchev–Trinajstić information content (AvgIpc) is 1.69. The third-order valence-corrected chi connectivity index (χ3v) is 24.2. The van der Waals surface area contributed by atoms with E-state index in [1.807, 2.05) is 18.3 Å². The zero-order valence-corrected chi connectivity index (χ0v) is 64.9. The highest BCUT2D eigenvalue weighted by Gasteiger charge is 2.33. The Morgan fingerprint density at radius 2 is 0.725 bits per heavy atom. The lowest BCUT2D eigenvalue weighted by Gasteiger charge is -2.39. The molecule has 0 amide bonds. The van der Waals surface area contributed by atoms with Gasteiger partial charge in [0.05, 0.1) is 70.3 Å². The van der Waals surface area contributed by atoms with Gasteiger partial charge < -0.3 is 23.8 Å². The van der Waals surface area contributed by atoms with Crippen LogP contribution in [0.25, 0.3) is 89.7 Å². The summed E-state index contributed by atoms with van der Waals surface area (Å²) < 4.78 is 76.1. The number of halogens is 2. The van der Waals surface area contributed by atoms with Gasteiger partial charge >= 0.3 is 10.1 Å². The molecule has 0 radical (unpaired) electrons. The molecular formula is C79H93F2N21O5S2. The van der Waals surface area contributed by atoms with Crippen LogP contribution in [0.1, 0.15) is 144 Å². The fraction of sp³-hybridized carbons (Fsp3) is 0.430. The monoisotopic (exact) mass is 1520 g/mol. The predicted molar refractivity (Wildman–Crippen MR) is 421 cm³/mol. The van der Waals surface area contributed by atoms with E-state index in [1.54, 1.807) is 91.4 Å². The predicted octanol–water partition coefficient (Wildman–Crippen LogP) is 15.3. The van der Waals surface area contributed by atoms with Gasteiger partial charge in [-0.2, -0.15) is 34.1 Å². The number of nitriles is 1. The largest absolute Gasteiger partial charge is 0.383 e. The Balaban J connectivity index is 0.000000128. The Hall–Kier alpha value is -10.7.